The molecule has 0 N–H and O–H groups in total. The third kappa shape index (κ3) is 4.82. The SMILES string of the molecule is CCN(c1ccccc1)N1C([N]C(=O)CN2CCCCC2)=NO[N@@]2CCCC1C2. The molecule has 1 radical (unpaired) electrons. The van der Waals surface area contributed by atoms with E-state index in [9.17, 15) is 4.79 Å². The number of carbonyl (C=O) groups excluding carboxylic acids is 1. The third-order valence-electron chi connectivity index (χ3n) is 5.79. The molecule has 1 aromatic rings. The second kappa shape index (κ2) is 9.45. The van der Waals surface area contributed by atoms with E-state index in [1.165, 1.54) is 6.42 Å². The van der Waals surface area contributed by atoms with Crippen LogP contribution in [0, 0.1) is 0 Å². The number of nitrogens with zero attached hydrogens (tertiary/aromatic N) is 6. The first-order valence-electron chi connectivity index (χ1n) is 10.8. The molecule has 0 spiro atoms. The van der Waals surface area contributed by atoms with Gasteiger partial charge in [-0.1, -0.05) is 24.6 Å². The van der Waals surface area contributed by atoms with E-state index in [0.717, 1.165) is 64.1 Å². The molecule has 8 nitrogen and oxygen atoms in total. The Labute approximate surface area is 173 Å². The first kappa shape index (κ1) is 20.0. The number of hydroxylamine groups is 2. The van der Waals surface area contributed by atoms with Crippen molar-refractivity contribution in [3.05, 3.63) is 30.3 Å². The molecule has 3 aliphatic heterocycles. The van der Waals surface area contributed by atoms with E-state index < -0.39 is 0 Å². The number of amides is 1. The second-order valence-electron chi connectivity index (χ2n) is 7.90. The number of oxime groups is 1. The zero-order chi connectivity index (χ0) is 20.1. The highest BCUT2D eigenvalue weighted by atomic mass is 16.8. The van der Waals surface area contributed by atoms with Crippen LogP contribution in [0.3, 0.4) is 0 Å². The van der Waals surface area contributed by atoms with Crippen LogP contribution in [-0.4, -0.2) is 72.1 Å². The van der Waals surface area contributed by atoms with Crippen molar-refractivity contribution >= 4 is 17.6 Å². The van der Waals surface area contributed by atoms with E-state index in [1.54, 1.807) is 0 Å². The summed E-state index contributed by atoms with van der Waals surface area (Å²) in [6, 6.07) is 10.4. The van der Waals surface area contributed by atoms with Crippen LogP contribution in [0.2, 0.25) is 0 Å². The Morgan fingerprint density at radius 3 is 2.72 bits per heavy atom. The van der Waals surface area contributed by atoms with Crippen molar-refractivity contribution in [1.29, 1.82) is 0 Å². The molecule has 2 fully saturated rings. The lowest BCUT2D eigenvalue weighted by Gasteiger charge is -2.42. The number of hydrazine groups is 1. The van der Waals surface area contributed by atoms with Crippen molar-refractivity contribution in [1.82, 2.24) is 20.3 Å². The van der Waals surface area contributed by atoms with Crippen molar-refractivity contribution in [3.8, 4) is 0 Å². The molecule has 2 bridgehead atoms. The molecular formula is C21H31N6O2. The van der Waals surface area contributed by atoms with E-state index in [1.807, 2.05) is 23.3 Å². The lowest BCUT2D eigenvalue weighted by Crippen LogP contribution is -2.58. The fraction of sp³-hybridized carbons (Fsp3) is 0.619. The van der Waals surface area contributed by atoms with Crippen LogP contribution in [0.15, 0.2) is 35.5 Å². The number of para-hydroxylation sites is 1. The Morgan fingerprint density at radius 1 is 1.17 bits per heavy atom. The second-order valence-corrected chi connectivity index (χ2v) is 7.90. The van der Waals surface area contributed by atoms with Crippen LogP contribution in [-0.2, 0) is 9.73 Å². The molecule has 3 aliphatic rings. The Hall–Kier alpha value is -2.32. The summed E-state index contributed by atoms with van der Waals surface area (Å²) in [5, 5.41) is 14.8. The van der Waals surface area contributed by atoms with Crippen molar-refractivity contribution < 1.29 is 9.73 Å². The molecule has 29 heavy (non-hydrogen) atoms. The van der Waals surface area contributed by atoms with Gasteiger partial charge in [0, 0.05) is 13.1 Å². The van der Waals surface area contributed by atoms with Crippen molar-refractivity contribution in [2.75, 3.05) is 44.3 Å². The van der Waals surface area contributed by atoms with Crippen molar-refractivity contribution in [2.24, 2.45) is 5.16 Å². The predicted molar refractivity (Wildman–Crippen MR) is 112 cm³/mol. The van der Waals surface area contributed by atoms with Crippen molar-refractivity contribution in [3.63, 3.8) is 0 Å². The lowest BCUT2D eigenvalue weighted by molar-refractivity contribution is -0.170. The zero-order valence-electron chi connectivity index (χ0n) is 17.2. The highest BCUT2D eigenvalue weighted by Gasteiger charge is 2.37. The molecule has 2 atom stereocenters. The molecule has 8 heteroatoms. The average molecular weight is 400 g/mol. The normalized spacial score (nSPS) is 24.9. The fourth-order valence-corrected chi connectivity index (χ4v) is 4.39. The van der Waals surface area contributed by atoms with Gasteiger partial charge in [0.25, 0.3) is 11.9 Å². The van der Waals surface area contributed by atoms with Gasteiger partial charge in [-0.05, 0) is 63.0 Å². The van der Waals surface area contributed by atoms with Crippen molar-refractivity contribution in [2.45, 2.75) is 45.1 Å². The number of likely N-dealkylation sites (tertiary alicyclic amines) is 1. The van der Waals surface area contributed by atoms with Crippen LogP contribution < -0.4 is 10.3 Å². The van der Waals surface area contributed by atoms with Gasteiger partial charge < -0.3 is 0 Å². The first-order valence-corrected chi connectivity index (χ1v) is 10.8. The van der Waals surface area contributed by atoms with Crippen LogP contribution in [0.4, 0.5) is 5.69 Å². The van der Waals surface area contributed by atoms with Crippen LogP contribution in [0.1, 0.15) is 39.0 Å². The summed E-state index contributed by atoms with van der Waals surface area (Å²) in [4.78, 5) is 20.6. The molecule has 0 saturated carbocycles. The van der Waals surface area contributed by atoms with Gasteiger partial charge in [0.05, 0.1) is 24.8 Å². The zero-order valence-corrected chi connectivity index (χ0v) is 17.2. The minimum absolute atomic E-state index is 0.158. The molecular weight excluding hydrogens is 368 g/mol. The monoisotopic (exact) mass is 399 g/mol. The Morgan fingerprint density at radius 2 is 1.97 bits per heavy atom. The number of hydrogen-bond donors (Lipinski definition) is 0. The molecule has 1 unspecified atom stereocenters. The van der Waals surface area contributed by atoms with Gasteiger partial charge in [0.2, 0.25) is 0 Å². The number of carbonyl (C=O) groups is 1. The maximum Gasteiger partial charge on any atom is 0.287 e. The Bertz CT molecular complexity index is 706. The summed E-state index contributed by atoms with van der Waals surface area (Å²) >= 11 is 0. The smallest absolute Gasteiger partial charge is 0.287 e. The molecule has 0 aliphatic carbocycles. The third-order valence-corrected chi connectivity index (χ3v) is 5.79. The fourth-order valence-electron chi connectivity index (χ4n) is 4.39. The van der Waals surface area contributed by atoms with Crippen LogP contribution in [0.5, 0.6) is 0 Å². The summed E-state index contributed by atoms with van der Waals surface area (Å²) in [5.41, 5.74) is 1.06. The summed E-state index contributed by atoms with van der Waals surface area (Å²) in [7, 11) is 0. The van der Waals surface area contributed by atoms with E-state index >= 15 is 0 Å². The standard InChI is InChI=1S/C21H31N6O2/c1-2-26(18-10-5-3-6-11-18)27-19-12-9-15-25(16-19)29-23-21(27)22-20(28)17-24-13-7-4-8-14-24/h3,5-6,10-11,19H,2,4,7-9,12-17H2,1H3. The topological polar surface area (TPSA) is 65.7 Å². The Balaban J connectivity index is 1.55. The summed E-state index contributed by atoms with van der Waals surface area (Å²) < 4.78 is 0. The van der Waals surface area contributed by atoms with E-state index in [-0.39, 0.29) is 11.9 Å². The average Bonchev–Trinajstić information content (AvgIpc) is 2.87. The molecule has 3 heterocycles. The van der Waals surface area contributed by atoms with Gasteiger partial charge in [0.15, 0.2) is 0 Å². The van der Waals surface area contributed by atoms with Gasteiger partial charge in [-0.15, -0.1) is 5.06 Å². The molecule has 4 rings (SSSR count). The van der Waals surface area contributed by atoms with Gasteiger partial charge in [-0.25, -0.2) is 5.01 Å². The number of piperidine rings is 2. The molecule has 1 amide bonds. The maximum absolute atomic E-state index is 12.8. The van der Waals surface area contributed by atoms with Gasteiger partial charge >= 0.3 is 0 Å². The molecule has 2 saturated heterocycles. The predicted octanol–water partition coefficient (Wildman–Crippen LogP) is 2.03. The van der Waals surface area contributed by atoms with Crippen LogP contribution >= 0.6 is 0 Å². The highest BCUT2D eigenvalue weighted by molar-refractivity contribution is 5.98. The summed E-state index contributed by atoms with van der Waals surface area (Å²) in [6.45, 7) is 6.72. The number of anilines is 1. The Kier molecular flexibility index (Phi) is 6.51. The summed E-state index contributed by atoms with van der Waals surface area (Å²) in [5.74, 6) is 0.196. The number of guanidine groups is 1. The maximum atomic E-state index is 12.8. The highest BCUT2D eigenvalue weighted by Crippen LogP contribution is 2.25. The lowest BCUT2D eigenvalue weighted by atomic mass is 10.1. The van der Waals surface area contributed by atoms with E-state index in [4.69, 9.17) is 4.94 Å². The molecule has 1 aromatic carbocycles. The quantitative estimate of drug-likeness (QED) is 0.755. The van der Waals surface area contributed by atoms with Gasteiger partial charge in [-0.3, -0.25) is 19.6 Å². The number of rotatable bonds is 5. The molecule has 0 aromatic heterocycles. The number of fused-ring (bicyclic) bond motifs is 2. The van der Waals surface area contributed by atoms with E-state index in [0.29, 0.717) is 12.5 Å². The van der Waals surface area contributed by atoms with E-state index in [2.05, 4.69) is 44.4 Å². The number of benzene rings is 1. The number of hydrogen-bond acceptors (Lipinski definition) is 7. The minimum atomic E-state index is -0.158. The molecule has 157 valence electrons. The minimum Gasteiger partial charge on any atom is -0.294 e. The van der Waals surface area contributed by atoms with Gasteiger partial charge in [0.1, 0.15) is 0 Å². The largest absolute Gasteiger partial charge is 0.294 e. The van der Waals surface area contributed by atoms with Crippen LogP contribution in [0.25, 0.3) is 0 Å². The summed E-state index contributed by atoms with van der Waals surface area (Å²) in [6.07, 6.45) is 5.59. The first-order chi connectivity index (χ1) is 14.2. The van der Waals surface area contributed by atoms with Gasteiger partial charge in [-0.2, -0.15) is 5.32 Å².